The average Bonchev–Trinajstić information content (AvgIpc) is 2.68. The number of benzene rings is 2. The van der Waals surface area contributed by atoms with E-state index in [-0.39, 0.29) is 24.0 Å². The van der Waals surface area contributed by atoms with Gasteiger partial charge in [0.05, 0.1) is 20.8 Å². The second kappa shape index (κ2) is 12.2. The van der Waals surface area contributed by atoms with Crippen molar-refractivity contribution in [3.05, 3.63) is 54.1 Å². The van der Waals surface area contributed by atoms with E-state index in [1.807, 2.05) is 48.5 Å². The Morgan fingerprint density at radius 2 is 1.62 bits per heavy atom. The van der Waals surface area contributed by atoms with Crippen LogP contribution in [0.25, 0.3) is 0 Å². The van der Waals surface area contributed by atoms with Crippen molar-refractivity contribution in [3.63, 3.8) is 0 Å². The van der Waals surface area contributed by atoms with Gasteiger partial charge in [-0.05, 0) is 30.3 Å². The van der Waals surface area contributed by atoms with Gasteiger partial charge in [-0.3, -0.25) is 4.99 Å². The van der Waals surface area contributed by atoms with Crippen LogP contribution in [0.1, 0.15) is 5.56 Å². The summed E-state index contributed by atoms with van der Waals surface area (Å²) < 4.78 is 16.1. The Morgan fingerprint density at radius 1 is 0.923 bits per heavy atom. The van der Waals surface area contributed by atoms with Crippen LogP contribution in [-0.2, 0) is 6.54 Å². The molecule has 2 aromatic rings. The molecule has 0 radical (unpaired) electrons. The maximum absolute atomic E-state index is 5.68. The number of halogens is 1. The lowest BCUT2D eigenvalue weighted by atomic mass is 10.2. The molecule has 0 aliphatic carbocycles. The van der Waals surface area contributed by atoms with Crippen LogP contribution in [0.2, 0.25) is 0 Å². The largest absolute Gasteiger partial charge is 0.497 e. The Bertz CT molecular complexity index is 678. The molecule has 6 nitrogen and oxygen atoms in total. The standard InChI is InChI=1S/C19H25N3O3.HI/c1-20-19(22-14-15-6-4-5-7-18(15)24-3)21-12-13-25-17-10-8-16(23-2)9-11-17;/h4-11H,12-14H2,1-3H3,(H2,20,21,22);1H. The predicted octanol–water partition coefficient (Wildman–Crippen LogP) is 3.07. The summed E-state index contributed by atoms with van der Waals surface area (Å²) >= 11 is 0. The summed E-state index contributed by atoms with van der Waals surface area (Å²) in [6.45, 7) is 1.79. The SMILES string of the molecule is CN=C(NCCOc1ccc(OC)cc1)NCc1ccccc1OC.I. The molecule has 2 N–H and O–H groups in total. The van der Waals surface area contributed by atoms with E-state index in [0.717, 1.165) is 22.8 Å². The second-order valence-electron chi connectivity index (χ2n) is 5.19. The van der Waals surface area contributed by atoms with Gasteiger partial charge in [-0.2, -0.15) is 0 Å². The monoisotopic (exact) mass is 471 g/mol. The van der Waals surface area contributed by atoms with Crippen molar-refractivity contribution >= 4 is 29.9 Å². The molecule has 0 unspecified atom stereocenters. The Hall–Kier alpha value is -2.16. The fourth-order valence-corrected chi connectivity index (χ4v) is 2.26. The molecule has 26 heavy (non-hydrogen) atoms. The maximum Gasteiger partial charge on any atom is 0.191 e. The Kier molecular flexibility index (Phi) is 10.3. The number of hydrogen-bond acceptors (Lipinski definition) is 4. The van der Waals surface area contributed by atoms with Crippen LogP contribution in [0.4, 0.5) is 0 Å². The van der Waals surface area contributed by atoms with Crippen molar-refractivity contribution in [2.45, 2.75) is 6.54 Å². The van der Waals surface area contributed by atoms with E-state index in [4.69, 9.17) is 14.2 Å². The van der Waals surface area contributed by atoms with Crippen molar-refractivity contribution in [2.75, 3.05) is 34.4 Å². The van der Waals surface area contributed by atoms with E-state index in [1.54, 1.807) is 21.3 Å². The van der Waals surface area contributed by atoms with Crippen LogP contribution < -0.4 is 24.8 Å². The molecule has 0 aromatic heterocycles. The first-order chi connectivity index (χ1) is 12.3. The zero-order valence-electron chi connectivity index (χ0n) is 15.3. The second-order valence-corrected chi connectivity index (χ2v) is 5.19. The molecule has 0 spiro atoms. The summed E-state index contributed by atoms with van der Waals surface area (Å²) in [5, 5.41) is 6.48. The summed E-state index contributed by atoms with van der Waals surface area (Å²) in [6, 6.07) is 15.4. The van der Waals surface area contributed by atoms with E-state index < -0.39 is 0 Å². The molecule has 0 amide bonds. The summed E-state index contributed by atoms with van der Waals surface area (Å²) in [4.78, 5) is 4.21. The lowest BCUT2D eigenvalue weighted by Gasteiger charge is -2.14. The number of methoxy groups -OCH3 is 2. The van der Waals surface area contributed by atoms with Gasteiger partial charge in [0.25, 0.3) is 0 Å². The quantitative estimate of drug-likeness (QED) is 0.268. The topological polar surface area (TPSA) is 64.1 Å². The van der Waals surface area contributed by atoms with Gasteiger partial charge in [0.1, 0.15) is 23.9 Å². The Morgan fingerprint density at radius 3 is 2.27 bits per heavy atom. The number of ether oxygens (including phenoxy) is 3. The summed E-state index contributed by atoms with van der Waals surface area (Å²) in [7, 11) is 5.05. The van der Waals surface area contributed by atoms with Crippen LogP contribution >= 0.6 is 24.0 Å². The number of para-hydroxylation sites is 1. The first kappa shape index (κ1) is 21.9. The highest BCUT2D eigenvalue weighted by atomic mass is 127. The molecule has 142 valence electrons. The third-order valence-corrected chi connectivity index (χ3v) is 3.59. The molecule has 0 aliphatic heterocycles. The number of aliphatic imine (C=N–C) groups is 1. The van der Waals surface area contributed by atoms with Crippen LogP contribution in [0, 0.1) is 0 Å². The van der Waals surface area contributed by atoms with E-state index in [2.05, 4.69) is 15.6 Å². The van der Waals surface area contributed by atoms with E-state index in [1.165, 1.54) is 0 Å². The molecular formula is C19H26IN3O3. The number of rotatable bonds is 8. The van der Waals surface area contributed by atoms with Gasteiger partial charge >= 0.3 is 0 Å². The molecule has 0 aliphatic rings. The highest BCUT2D eigenvalue weighted by Crippen LogP contribution is 2.17. The van der Waals surface area contributed by atoms with E-state index >= 15 is 0 Å². The number of nitrogens with one attached hydrogen (secondary N) is 2. The minimum atomic E-state index is 0. The predicted molar refractivity (Wildman–Crippen MR) is 115 cm³/mol. The minimum Gasteiger partial charge on any atom is -0.497 e. The molecule has 0 atom stereocenters. The van der Waals surface area contributed by atoms with Gasteiger partial charge in [0, 0.05) is 19.2 Å². The van der Waals surface area contributed by atoms with Crippen LogP contribution in [0.15, 0.2) is 53.5 Å². The molecule has 0 fully saturated rings. The minimum absolute atomic E-state index is 0. The zero-order valence-corrected chi connectivity index (χ0v) is 17.7. The summed E-state index contributed by atoms with van der Waals surface area (Å²) in [6.07, 6.45) is 0. The van der Waals surface area contributed by atoms with Crippen molar-refractivity contribution in [1.29, 1.82) is 0 Å². The van der Waals surface area contributed by atoms with Gasteiger partial charge in [0.2, 0.25) is 0 Å². The average molecular weight is 471 g/mol. The van der Waals surface area contributed by atoms with Crippen molar-refractivity contribution < 1.29 is 14.2 Å². The first-order valence-corrected chi connectivity index (χ1v) is 8.10. The first-order valence-electron chi connectivity index (χ1n) is 8.10. The van der Waals surface area contributed by atoms with Gasteiger partial charge < -0.3 is 24.8 Å². The lowest BCUT2D eigenvalue weighted by Crippen LogP contribution is -2.38. The third kappa shape index (κ3) is 6.99. The molecule has 0 bridgehead atoms. The molecule has 2 aromatic carbocycles. The Balaban J connectivity index is 0.00000338. The number of guanidine groups is 1. The van der Waals surface area contributed by atoms with Gasteiger partial charge in [-0.15, -0.1) is 24.0 Å². The summed E-state index contributed by atoms with van der Waals surface area (Å²) in [5.74, 6) is 3.18. The smallest absolute Gasteiger partial charge is 0.191 e. The Labute approximate surface area is 172 Å². The number of nitrogens with zero attached hydrogens (tertiary/aromatic N) is 1. The number of hydrogen-bond donors (Lipinski definition) is 2. The van der Waals surface area contributed by atoms with Crippen LogP contribution in [0.5, 0.6) is 17.2 Å². The van der Waals surface area contributed by atoms with Crippen molar-refractivity contribution in [1.82, 2.24) is 10.6 Å². The third-order valence-electron chi connectivity index (χ3n) is 3.59. The molecule has 2 rings (SSSR count). The summed E-state index contributed by atoms with van der Waals surface area (Å²) in [5.41, 5.74) is 1.07. The van der Waals surface area contributed by atoms with Crippen molar-refractivity contribution in [3.8, 4) is 17.2 Å². The highest BCUT2D eigenvalue weighted by Gasteiger charge is 2.03. The molecular weight excluding hydrogens is 445 g/mol. The van der Waals surface area contributed by atoms with Crippen LogP contribution in [-0.4, -0.2) is 40.4 Å². The van der Waals surface area contributed by atoms with Gasteiger partial charge in [-0.25, -0.2) is 0 Å². The van der Waals surface area contributed by atoms with E-state index in [0.29, 0.717) is 25.7 Å². The van der Waals surface area contributed by atoms with Crippen molar-refractivity contribution in [2.24, 2.45) is 4.99 Å². The van der Waals surface area contributed by atoms with Gasteiger partial charge in [0.15, 0.2) is 5.96 Å². The lowest BCUT2D eigenvalue weighted by molar-refractivity contribution is 0.321. The van der Waals surface area contributed by atoms with E-state index in [9.17, 15) is 0 Å². The normalized spacial score (nSPS) is 10.5. The fraction of sp³-hybridized carbons (Fsp3) is 0.316. The van der Waals surface area contributed by atoms with Crippen LogP contribution in [0.3, 0.4) is 0 Å². The fourth-order valence-electron chi connectivity index (χ4n) is 2.26. The molecule has 0 heterocycles. The molecule has 0 saturated carbocycles. The highest BCUT2D eigenvalue weighted by molar-refractivity contribution is 14.0. The molecule has 0 saturated heterocycles. The zero-order chi connectivity index (χ0) is 17.9. The maximum atomic E-state index is 5.68. The molecule has 7 heteroatoms. The van der Waals surface area contributed by atoms with Gasteiger partial charge in [-0.1, -0.05) is 18.2 Å².